The van der Waals surface area contributed by atoms with Crippen LogP contribution < -0.4 is 11.0 Å². The Labute approximate surface area is 135 Å². The number of imidazole rings is 1. The number of nitrogens with one attached hydrogen (secondary N) is 1. The van der Waals surface area contributed by atoms with Crippen LogP contribution in [0.2, 0.25) is 0 Å². The highest BCUT2D eigenvalue weighted by molar-refractivity contribution is 9.10. The van der Waals surface area contributed by atoms with Crippen molar-refractivity contribution in [2.45, 2.75) is 24.9 Å². The van der Waals surface area contributed by atoms with Crippen LogP contribution in [0.25, 0.3) is 11.0 Å². The van der Waals surface area contributed by atoms with E-state index in [0.717, 1.165) is 15.5 Å². The van der Waals surface area contributed by atoms with E-state index >= 15 is 0 Å². The number of halogens is 1. The van der Waals surface area contributed by atoms with Crippen molar-refractivity contribution in [2.24, 2.45) is 7.05 Å². The molecule has 116 valence electrons. The minimum atomic E-state index is -0.425. The van der Waals surface area contributed by atoms with Gasteiger partial charge in [-0.15, -0.1) is 0 Å². The van der Waals surface area contributed by atoms with Crippen molar-refractivity contribution in [3.05, 3.63) is 33.2 Å². The summed E-state index contributed by atoms with van der Waals surface area (Å²) in [6.45, 7) is 0.496. The second kappa shape index (κ2) is 5.81. The lowest BCUT2D eigenvalue weighted by Gasteiger charge is -2.28. The maximum absolute atomic E-state index is 12.6. The molecule has 6 nitrogen and oxygen atoms in total. The molecule has 7 heteroatoms. The first-order valence-corrected chi connectivity index (χ1v) is 7.91. The summed E-state index contributed by atoms with van der Waals surface area (Å²) in [4.78, 5) is 34.6. The molecule has 3 rings (SSSR count). The minimum Gasteiger partial charge on any atom is -0.305 e. The van der Waals surface area contributed by atoms with Crippen LogP contribution in [-0.2, 0) is 16.6 Å². The Morgan fingerprint density at radius 3 is 2.82 bits per heavy atom. The number of Topliss-reactive ketones (excluding diaryl/α,β-unsaturated/α-hetero) is 1. The number of aryl methyl sites for hydroxylation is 1. The summed E-state index contributed by atoms with van der Waals surface area (Å²) in [6, 6.07) is 5.28. The first-order valence-electron chi connectivity index (χ1n) is 7.12. The molecule has 2 aromatic rings. The van der Waals surface area contributed by atoms with Crippen LogP contribution in [0, 0.1) is 0 Å². The van der Waals surface area contributed by atoms with E-state index in [2.05, 4.69) is 21.2 Å². The molecule has 0 spiro atoms. The number of piperidine rings is 1. The molecule has 1 aliphatic heterocycles. The normalized spacial score (nSPS) is 21.9. The first-order chi connectivity index (χ1) is 10.5. The number of nitrogens with zero attached hydrogens (tertiary/aromatic N) is 2. The van der Waals surface area contributed by atoms with Crippen LogP contribution in [-0.4, -0.2) is 33.8 Å². The third-order valence-electron chi connectivity index (χ3n) is 4.27. The Hall–Kier alpha value is -1.73. The van der Waals surface area contributed by atoms with Gasteiger partial charge in [-0.3, -0.25) is 18.7 Å². The molecule has 2 unspecified atom stereocenters. The number of benzene rings is 1. The van der Waals surface area contributed by atoms with E-state index in [9.17, 15) is 14.4 Å². The zero-order chi connectivity index (χ0) is 15.9. The van der Waals surface area contributed by atoms with Gasteiger partial charge in [0.05, 0.1) is 23.1 Å². The quantitative estimate of drug-likeness (QED) is 0.654. The second-order valence-electron chi connectivity index (χ2n) is 5.53. The van der Waals surface area contributed by atoms with Gasteiger partial charge in [-0.1, -0.05) is 6.07 Å². The summed E-state index contributed by atoms with van der Waals surface area (Å²) in [7, 11) is 1.75. The number of hydrogen-bond donors (Lipinski definition) is 1. The van der Waals surface area contributed by atoms with Crippen molar-refractivity contribution in [3.63, 3.8) is 0 Å². The molecule has 0 saturated carbocycles. The van der Waals surface area contributed by atoms with Gasteiger partial charge in [-0.25, -0.2) is 4.79 Å². The number of fused-ring (bicyclic) bond motifs is 1. The first kappa shape index (κ1) is 15.2. The van der Waals surface area contributed by atoms with Crippen molar-refractivity contribution in [1.82, 2.24) is 14.5 Å². The number of aldehydes is 1. The number of carbonyl (C=O) groups excluding carboxylic acids is 2. The Morgan fingerprint density at radius 2 is 2.18 bits per heavy atom. The predicted molar refractivity (Wildman–Crippen MR) is 86.0 cm³/mol. The monoisotopic (exact) mass is 365 g/mol. The van der Waals surface area contributed by atoms with Gasteiger partial charge in [0.2, 0.25) is 5.78 Å². The number of ketones is 1. The molecule has 1 saturated heterocycles. The number of aromatic nitrogens is 2. The van der Waals surface area contributed by atoms with E-state index < -0.39 is 11.8 Å². The molecule has 0 bridgehead atoms. The fraction of sp³-hybridized carbons (Fsp3) is 0.400. The van der Waals surface area contributed by atoms with Gasteiger partial charge >= 0.3 is 5.69 Å². The highest BCUT2D eigenvalue weighted by Gasteiger charge is 2.28. The highest BCUT2D eigenvalue weighted by Crippen LogP contribution is 2.27. The molecule has 1 aromatic heterocycles. The number of carbonyl (C=O) groups is 2. The van der Waals surface area contributed by atoms with Crippen LogP contribution in [0.5, 0.6) is 0 Å². The summed E-state index contributed by atoms with van der Waals surface area (Å²) in [5.41, 5.74) is 1.65. The van der Waals surface area contributed by atoms with Crippen LogP contribution in [0.1, 0.15) is 18.9 Å². The predicted octanol–water partition coefficient (Wildman–Crippen LogP) is 1.16. The third kappa shape index (κ3) is 2.34. The highest BCUT2D eigenvalue weighted by atomic mass is 79.9. The molecule has 1 N–H and O–H groups in total. The molecule has 0 aliphatic carbocycles. The van der Waals surface area contributed by atoms with Gasteiger partial charge in [0, 0.05) is 18.1 Å². The summed E-state index contributed by atoms with van der Waals surface area (Å²) in [6.07, 6.45) is 1.60. The van der Waals surface area contributed by atoms with E-state index in [0.29, 0.717) is 25.7 Å². The van der Waals surface area contributed by atoms with Crippen molar-refractivity contribution >= 4 is 39.0 Å². The lowest BCUT2D eigenvalue weighted by Crippen LogP contribution is -2.46. The summed E-state index contributed by atoms with van der Waals surface area (Å²) < 4.78 is 4.28. The molecular formula is C15H16BrN3O3. The molecule has 0 amide bonds. The molecular weight excluding hydrogens is 350 g/mol. The zero-order valence-corrected chi connectivity index (χ0v) is 13.7. The van der Waals surface area contributed by atoms with Crippen LogP contribution >= 0.6 is 15.9 Å². The lowest BCUT2D eigenvalue weighted by molar-refractivity contribution is -0.131. The summed E-state index contributed by atoms with van der Waals surface area (Å²) >= 11 is 3.48. The lowest BCUT2D eigenvalue weighted by atomic mass is 9.98. The maximum Gasteiger partial charge on any atom is 0.329 e. The van der Waals surface area contributed by atoms with Gasteiger partial charge in [0.1, 0.15) is 0 Å². The molecule has 2 heterocycles. The van der Waals surface area contributed by atoms with Crippen molar-refractivity contribution in [3.8, 4) is 0 Å². The van der Waals surface area contributed by atoms with E-state index in [-0.39, 0.29) is 11.7 Å². The minimum absolute atomic E-state index is 0.0267. The average Bonchev–Trinajstić information content (AvgIpc) is 2.79. The number of hydrogen-bond acceptors (Lipinski definition) is 4. The molecule has 2 atom stereocenters. The number of para-hydroxylation sites is 1. The Balaban J connectivity index is 1.97. The van der Waals surface area contributed by atoms with Crippen LogP contribution in [0.3, 0.4) is 0 Å². The Bertz CT molecular complexity index is 800. The van der Waals surface area contributed by atoms with Gasteiger partial charge in [-0.2, -0.15) is 0 Å². The maximum atomic E-state index is 12.6. The van der Waals surface area contributed by atoms with E-state index in [1.54, 1.807) is 16.2 Å². The van der Waals surface area contributed by atoms with E-state index in [1.807, 2.05) is 18.2 Å². The van der Waals surface area contributed by atoms with Crippen molar-refractivity contribution in [2.75, 3.05) is 6.54 Å². The van der Waals surface area contributed by atoms with Gasteiger partial charge in [0.15, 0.2) is 6.29 Å². The van der Waals surface area contributed by atoms with Crippen LogP contribution in [0.15, 0.2) is 27.5 Å². The second-order valence-corrected chi connectivity index (χ2v) is 6.39. The Kier molecular flexibility index (Phi) is 4.01. The molecule has 22 heavy (non-hydrogen) atoms. The van der Waals surface area contributed by atoms with Gasteiger partial charge < -0.3 is 5.32 Å². The topological polar surface area (TPSA) is 73.1 Å². The standard InChI is InChI=1S/C15H16BrN3O3/c1-18-14-10(16)3-2-4-12(14)19(15(18)22)9-5-6-11(17-7-9)13(21)8-20/h2-4,8-9,11,17H,5-7H2,1H3. The van der Waals surface area contributed by atoms with E-state index in [1.165, 1.54) is 0 Å². The summed E-state index contributed by atoms with van der Waals surface area (Å²) in [5.74, 6) is -0.425. The third-order valence-corrected chi connectivity index (χ3v) is 4.91. The number of rotatable bonds is 3. The fourth-order valence-corrected chi connectivity index (χ4v) is 3.75. The molecule has 1 aromatic carbocycles. The molecule has 1 fully saturated rings. The van der Waals surface area contributed by atoms with Gasteiger partial charge in [0.25, 0.3) is 0 Å². The smallest absolute Gasteiger partial charge is 0.305 e. The van der Waals surface area contributed by atoms with Gasteiger partial charge in [-0.05, 0) is 40.9 Å². The van der Waals surface area contributed by atoms with E-state index in [4.69, 9.17) is 0 Å². The zero-order valence-electron chi connectivity index (χ0n) is 12.1. The summed E-state index contributed by atoms with van der Waals surface area (Å²) in [5, 5.41) is 3.07. The molecule has 1 aliphatic rings. The van der Waals surface area contributed by atoms with Crippen LogP contribution in [0.4, 0.5) is 0 Å². The van der Waals surface area contributed by atoms with Crippen molar-refractivity contribution in [1.29, 1.82) is 0 Å². The fourth-order valence-electron chi connectivity index (χ4n) is 3.13. The molecule has 0 radical (unpaired) electrons. The Morgan fingerprint density at radius 1 is 1.41 bits per heavy atom. The van der Waals surface area contributed by atoms with Crippen molar-refractivity contribution < 1.29 is 9.59 Å². The SMILES string of the molecule is Cn1c(=O)n(C2CCC(C(=O)C=O)NC2)c2cccc(Br)c21. The average molecular weight is 366 g/mol. The largest absolute Gasteiger partial charge is 0.329 e.